The van der Waals surface area contributed by atoms with Crippen LogP contribution in [-0.2, 0) is 14.3 Å². The van der Waals surface area contributed by atoms with E-state index in [-0.39, 0.29) is 6.61 Å². The van der Waals surface area contributed by atoms with Crippen LogP contribution in [0.25, 0.3) is 0 Å². The Balaban J connectivity index is 3.27. The Morgan fingerprint density at radius 1 is 1.46 bits per heavy atom. The van der Waals surface area contributed by atoms with Crippen molar-refractivity contribution in [1.29, 1.82) is 0 Å². The van der Waals surface area contributed by atoms with Crippen molar-refractivity contribution < 1.29 is 19.4 Å². The van der Waals surface area contributed by atoms with Crippen LogP contribution in [0.5, 0.6) is 0 Å². The van der Waals surface area contributed by atoms with Gasteiger partial charge in [0.1, 0.15) is 12.6 Å². The summed E-state index contributed by atoms with van der Waals surface area (Å²) < 4.78 is 9.76. The van der Waals surface area contributed by atoms with E-state index >= 15 is 0 Å². The molecule has 0 rings (SSSR count). The van der Waals surface area contributed by atoms with E-state index in [1.807, 2.05) is 6.92 Å². The number of carbonyl (C=O) groups excluding carboxylic acids is 1. The van der Waals surface area contributed by atoms with Gasteiger partial charge in [-0.25, -0.2) is 0 Å². The van der Waals surface area contributed by atoms with Crippen LogP contribution in [0.15, 0.2) is 0 Å². The Morgan fingerprint density at radius 3 is 2.69 bits per heavy atom. The molecule has 5 heteroatoms. The van der Waals surface area contributed by atoms with Gasteiger partial charge in [0.05, 0.1) is 13.2 Å². The van der Waals surface area contributed by atoms with Gasteiger partial charge < -0.3 is 20.3 Å². The Labute approximate surface area is 77.8 Å². The molecule has 0 saturated carbocycles. The van der Waals surface area contributed by atoms with Crippen LogP contribution >= 0.6 is 0 Å². The summed E-state index contributed by atoms with van der Waals surface area (Å²) in [7, 11) is 0. The van der Waals surface area contributed by atoms with Gasteiger partial charge in [-0.15, -0.1) is 0 Å². The van der Waals surface area contributed by atoms with Gasteiger partial charge in [-0.05, 0) is 6.42 Å². The summed E-state index contributed by atoms with van der Waals surface area (Å²) in [4.78, 5) is 10.8. The number of carbonyl (C=O) groups is 1. The number of aliphatic hydroxyl groups excluding tert-OH is 1. The van der Waals surface area contributed by atoms with Gasteiger partial charge in [0, 0.05) is 6.61 Å². The summed E-state index contributed by atoms with van der Waals surface area (Å²) in [5, 5.41) is 8.49. The first-order valence-electron chi connectivity index (χ1n) is 4.33. The van der Waals surface area contributed by atoms with Crippen molar-refractivity contribution in [2.75, 3.05) is 26.4 Å². The molecular formula is C8H17NO4. The molecule has 0 saturated heterocycles. The largest absolute Gasteiger partial charge is 0.462 e. The maximum Gasteiger partial charge on any atom is 0.325 e. The number of hydrogen-bond acceptors (Lipinski definition) is 5. The molecule has 0 heterocycles. The summed E-state index contributed by atoms with van der Waals surface area (Å²) in [6.07, 6.45) is 0.935. The van der Waals surface area contributed by atoms with Crippen LogP contribution in [0.1, 0.15) is 13.3 Å². The topological polar surface area (TPSA) is 81.8 Å². The van der Waals surface area contributed by atoms with Crippen molar-refractivity contribution >= 4 is 5.97 Å². The number of esters is 1. The molecule has 0 unspecified atom stereocenters. The molecule has 78 valence electrons. The average Bonchev–Trinajstić information content (AvgIpc) is 2.16. The summed E-state index contributed by atoms with van der Waals surface area (Å²) >= 11 is 0. The zero-order valence-corrected chi connectivity index (χ0v) is 7.86. The Morgan fingerprint density at radius 2 is 2.15 bits per heavy atom. The van der Waals surface area contributed by atoms with Crippen LogP contribution in [0.3, 0.4) is 0 Å². The number of hydrogen-bond donors (Lipinski definition) is 2. The summed E-state index contributed by atoms with van der Waals surface area (Å²) in [5.74, 6) is -0.595. The minimum atomic E-state index is -0.939. The molecule has 0 aromatic carbocycles. The van der Waals surface area contributed by atoms with Crippen molar-refractivity contribution in [2.45, 2.75) is 19.4 Å². The smallest absolute Gasteiger partial charge is 0.325 e. The molecule has 0 spiro atoms. The first kappa shape index (κ1) is 12.3. The van der Waals surface area contributed by atoms with Gasteiger partial charge in [-0.3, -0.25) is 4.79 Å². The zero-order chi connectivity index (χ0) is 10.1. The van der Waals surface area contributed by atoms with Gasteiger partial charge in [0.15, 0.2) is 0 Å². The highest BCUT2D eigenvalue weighted by atomic mass is 16.6. The van der Waals surface area contributed by atoms with Crippen LogP contribution in [-0.4, -0.2) is 43.5 Å². The monoisotopic (exact) mass is 191 g/mol. The molecule has 3 N–H and O–H groups in total. The first-order valence-corrected chi connectivity index (χ1v) is 4.33. The quantitative estimate of drug-likeness (QED) is 0.410. The second-order valence-corrected chi connectivity index (χ2v) is 2.57. The van der Waals surface area contributed by atoms with Crippen molar-refractivity contribution in [1.82, 2.24) is 0 Å². The van der Waals surface area contributed by atoms with E-state index in [1.165, 1.54) is 0 Å². The molecule has 0 aliphatic heterocycles. The number of rotatable bonds is 7. The third kappa shape index (κ3) is 6.51. The van der Waals surface area contributed by atoms with Gasteiger partial charge >= 0.3 is 5.97 Å². The van der Waals surface area contributed by atoms with E-state index in [9.17, 15) is 4.79 Å². The second kappa shape index (κ2) is 7.97. The summed E-state index contributed by atoms with van der Waals surface area (Å²) in [6.45, 7) is 2.82. The maximum atomic E-state index is 10.8. The molecule has 0 radical (unpaired) electrons. The normalized spacial score (nSPS) is 12.5. The molecular weight excluding hydrogens is 174 g/mol. The first-order chi connectivity index (χ1) is 6.22. The highest BCUT2D eigenvalue weighted by Crippen LogP contribution is 1.86. The fraction of sp³-hybridized carbons (Fsp3) is 0.875. The maximum absolute atomic E-state index is 10.8. The lowest BCUT2D eigenvalue weighted by atomic mass is 10.3. The second-order valence-electron chi connectivity index (χ2n) is 2.57. The van der Waals surface area contributed by atoms with E-state index in [1.54, 1.807) is 0 Å². The molecule has 1 atom stereocenters. The third-order valence-corrected chi connectivity index (χ3v) is 1.32. The van der Waals surface area contributed by atoms with E-state index in [4.69, 9.17) is 20.3 Å². The lowest BCUT2D eigenvalue weighted by molar-refractivity contribution is -0.147. The highest BCUT2D eigenvalue weighted by molar-refractivity contribution is 5.75. The molecule has 0 bridgehead atoms. The van der Waals surface area contributed by atoms with Gasteiger partial charge in [-0.2, -0.15) is 0 Å². The van der Waals surface area contributed by atoms with E-state index in [0.29, 0.717) is 13.2 Å². The lowest BCUT2D eigenvalue weighted by Gasteiger charge is -2.08. The van der Waals surface area contributed by atoms with E-state index in [0.717, 1.165) is 6.42 Å². The molecule has 0 amide bonds. The Hall–Kier alpha value is -0.650. The SMILES string of the molecule is CCCOCCOC(=O)[C@H](N)CO. The van der Waals surface area contributed by atoms with Crippen LogP contribution < -0.4 is 5.73 Å². The number of ether oxygens (including phenoxy) is 2. The zero-order valence-electron chi connectivity index (χ0n) is 7.86. The van der Waals surface area contributed by atoms with E-state index in [2.05, 4.69) is 0 Å². The molecule has 0 fully saturated rings. The molecule has 13 heavy (non-hydrogen) atoms. The lowest BCUT2D eigenvalue weighted by Crippen LogP contribution is -2.36. The van der Waals surface area contributed by atoms with Crippen molar-refractivity contribution in [3.63, 3.8) is 0 Å². The molecule has 0 aliphatic carbocycles. The number of nitrogens with two attached hydrogens (primary N) is 1. The minimum Gasteiger partial charge on any atom is -0.462 e. The van der Waals surface area contributed by atoms with Crippen LogP contribution in [0.4, 0.5) is 0 Å². The molecule has 0 aromatic rings. The van der Waals surface area contributed by atoms with Crippen molar-refractivity contribution in [2.24, 2.45) is 5.73 Å². The standard InChI is InChI=1S/C8H17NO4/c1-2-3-12-4-5-13-8(11)7(9)6-10/h7,10H,2-6,9H2,1H3/t7-/m1/s1. The number of aliphatic hydroxyl groups is 1. The predicted octanol–water partition coefficient (Wildman–Crippen LogP) is -0.724. The molecule has 0 aliphatic rings. The fourth-order valence-corrected chi connectivity index (χ4v) is 0.629. The average molecular weight is 191 g/mol. The van der Waals surface area contributed by atoms with Crippen molar-refractivity contribution in [3.8, 4) is 0 Å². The summed E-state index contributed by atoms with van der Waals surface area (Å²) in [6, 6.07) is -0.939. The van der Waals surface area contributed by atoms with Gasteiger partial charge in [0.2, 0.25) is 0 Å². The Bertz CT molecular complexity index is 140. The predicted molar refractivity (Wildman–Crippen MR) is 47.1 cm³/mol. The van der Waals surface area contributed by atoms with Crippen LogP contribution in [0.2, 0.25) is 0 Å². The van der Waals surface area contributed by atoms with Gasteiger partial charge in [-0.1, -0.05) is 6.92 Å². The van der Waals surface area contributed by atoms with Crippen molar-refractivity contribution in [3.05, 3.63) is 0 Å². The summed E-state index contributed by atoms with van der Waals surface area (Å²) in [5.41, 5.74) is 5.19. The Kier molecular flexibility index (Phi) is 7.57. The highest BCUT2D eigenvalue weighted by Gasteiger charge is 2.12. The fourth-order valence-electron chi connectivity index (χ4n) is 0.629. The van der Waals surface area contributed by atoms with E-state index < -0.39 is 18.6 Å². The third-order valence-electron chi connectivity index (χ3n) is 1.32. The molecule has 5 nitrogen and oxygen atoms in total. The van der Waals surface area contributed by atoms with Crippen LogP contribution in [0, 0.1) is 0 Å². The minimum absolute atomic E-state index is 0.187. The van der Waals surface area contributed by atoms with Gasteiger partial charge in [0.25, 0.3) is 0 Å². The molecule has 0 aromatic heterocycles.